The molecular formula is C18H17N7O2. The monoisotopic (exact) mass is 363 g/mol. The van der Waals surface area contributed by atoms with Crippen molar-refractivity contribution in [3.05, 3.63) is 59.8 Å². The summed E-state index contributed by atoms with van der Waals surface area (Å²) in [4.78, 5) is 38.4. The summed E-state index contributed by atoms with van der Waals surface area (Å²) >= 11 is 0. The van der Waals surface area contributed by atoms with Gasteiger partial charge in [-0.25, -0.2) is 9.97 Å². The highest BCUT2D eigenvalue weighted by molar-refractivity contribution is 5.98. The molecule has 1 aromatic carbocycles. The Labute approximate surface area is 154 Å². The molecular weight excluding hydrogens is 346 g/mol. The van der Waals surface area contributed by atoms with Crippen molar-refractivity contribution in [2.45, 2.75) is 19.5 Å². The Balaban J connectivity index is 1.26. The molecule has 136 valence electrons. The van der Waals surface area contributed by atoms with Crippen LogP contribution in [-0.2, 0) is 17.9 Å². The highest BCUT2D eigenvalue weighted by Gasteiger charge is 2.26. The molecule has 0 atom stereocenters. The molecule has 0 fully saturated rings. The predicted octanol–water partition coefficient (Wildman–Crippen LogP) is 0.924. The Hall–Kier alpha value is -3.62. The van der Waals surface area contributed by atoms with Gasteiger partial charge in [0.2, 0.25) is 11.7 Å². The third-order valence-electron chi connectivity index (χ3n) is 4.28. The first-order valence-corrected chi connectivity index (χ1v) is 8.52. The van der Waals surface area contributed by atoms with Crippen molar-refractivity contribution in [2.24, 2.45) is 0 Å². The summed E-state index contributed by atoms with van der Waals surface area (Å²) in [5.74, 6) is 0.764. The molecule has 2 N–H and O–H groups in total. The van der Waals surface area contributed by atoms with E-state index in [0.717, 1.165) is 11.1 Å². The van der Waals surface area contributed by atoms with E-state index in [9.17, 15) is 9.59 Å². The van der Waals surface area contributed by atoms with Crippen molar-refractivity contribution in [3.8, 4) is 11.5 Å². The summed E-state index contributed by atoms with van der Waals surface area (Å²) in [6.45, 7) is 1.15. The number of nitrogens with one attached hydrogen (secondary N) is 2. The maximum Gasteiger partial charge on any atom is 0.254 e. The van der Waals surface area contributed by atoms with Gasteiger partial charge in [-0.2, -0.15) is 5.10 Å². The van der Waals surface area contributed by atoms with Gasteiger partial charge in [0.1, 0.15) is 11.5 Å². The van der Waals surface area contributed by atoms with Gasteiger partial charge in [0.15, 0.2) is 0 Å². The van der Waals surface area contributed by atoms with Gasteiger partial charge in [0.25, 0.3) is 5.91 Å². The minimum atomic E-state index is -0.156. The second-order valence-corrected chi connectivity index (χ2v) is 6.11. The molecule has 27 heavy (non-hydrogen) atoms. The standard InChI is InChI=1S/C18H17N7O2/c26-16(5-8-25-11-12-3-1-2-4-13(12)18(25)27)21-10-15-22-17(24-23-15)14-9-19-6-7-20-14/h1-4,6-7,9H,5,8,10-11H2,(H,21,26)(H,22,23,24). The Morgan fingerprint density at radius 1 is 1.26 bits per heavy atom. The van der Waals surface area contributed by atoms with Crippen LogP contribution in [0.4, 0.5) is 0 Å². The highest BCUT2D eigenvalue weighted by atomic mass is 16.2. The zero-order valence-electron chi connectivity index (χ0n) is 14.4. The summed E-state index contributed by atoms with van der Waals surface area (Å²) in [7, 11) is 0. The van der Waals surface area contributed by atoms with Gasteiger partial charge in [-0.1, -0.05) is 18.2 Å². The minimum absolute atomic E-state index is 0.0257. The quantitative estimate of drug-likeness (QED) is 0.673. The van der Waals surface area contributed by atoms with E-state index in [1.807, 2.05) is 24.3 Å². The molecule has 0 saturated carbocycles. The first kappa shape index (κ1) is 16.8. The average molecular weight is 363 g/mol. The second kappa shape index (κ2) is 7.32. The SMILES string of the molecule is O=C(CCN1Cc2ccccc2C1=O)NCc1nc(-c2cnccn2)n[nH]1. The summed E-state index contributed by atoms with van der Waals surface area (Å²) in [6.07, 6.45) is 4.92. The lowest BCUT2D eigenvalue weighted by molar-refractivity contribution is -0.121. The van der Waals surface area contributed by atoms with Crippen LogP contribution in [0.1, 0.15) is 28.2 Å². The number of hydrogen-bond acceptors (Lipinski definition) is 6. The molecule has 0 aliphatic carbocycles. The number of aromatic amines is 1. The Bertz CT molecular complexity index is 971. The molecule has 0 bridgehead atoms. The van der Waals surface area contributed by atoms with Crippen LogP contribution >= 0.6 is 0 Å². The van der Waals surface area contributed by atoms with Gasteiger partial charge in [-0.15, -0.1) is 0 Å². The summed E-state index contributed by atoms with van der Waals surface area (Å²) in [5, 5.41) is 9.61. The molecule has 1 aliphatic rings. The maximum absolute atomic E-state index is 12.3. The number of H-pyrrole nitrogens is 1. The Morgan fingerprint density at radius 2 is 2.15 bits per heavy atom. The van der Waals surface area contributed by atoms with Crippen LogP contribution in [-0.4, -0.2) is 48.4 Å². The van der Waals surface area contributed by atoms with Crippen LogP contribution in [0.3, 0.4) is 0 Å². The fourth-order valence-electron chi connectivity index (χ4n) is 2.91. The average Bonchev–Trinajstić information content (AvgIpc) is 3.31. The first-order valence-electron chi connectivity index (χ1n) is 8.52. The van der Waals surface area contributed by atoms with E-state index < -0.39 is 0 Å². The number of fused-ring (bicyclic) bond motifs is 1. The van der Waals surface area contributed by atoms with Crippen LogP contribution in [0.2, 0.25) is 0 Å². The molecule has 0 saturated heterocycles. The Kier molecular flexibility index (Phi) is 4.56. The van der Waals surface area contributed by atoms with E-state index in [0.29, 0.717) is 30.4 Å². The topological polar surface area (TPSA) is 117 Å². The highest BCUT2D eigenvalue weighted by Crippen LogP contribution is 2.22. The van der Waals surface area contributed by atoms with Gasteiger partial charge in [0, 0.05) is 37.5 Å². The van der Waals surface area contributed by atoms with Crippen molar-refractivity contribution in [3.63, 3.8) is 0 Å². The number of carbonyl (C=O) groups is 2. The molecule has 0 radical (unpaired) electrons. The fourth-order valence-corrected chi connectivity index (χ4v) is 2.91. The third kappa shape index (κ3) is 3.66. The zero-order chi connectivity index (χ0) is 18.6. The van der Waals surface area contributed by atoms with E-state index in [2.05, 4.69) is 30.5 Å². The van der Waals surface area contributed by atoms with Crippen molar-refractivity contribution in [1.29, 1.82) is 0 Å². The molecule has 4 rings (SSSR count). The van der Waals surface area contributed by atoms with Crippen LogP contribution in [0.25, 0.3) is 11.5 Å². The number of hydrogen-bond donors (Lipinski definition) is 2. The molecule has 2 aromatic heterocycles. The van der Waals surface area contributed by atoms with E-state index in [-0.39, 0.29) is 24.8 Å². The van der Waals surface area contributed by atoms with Gasteiger partial charge < -0.3 is 10.2 Å². The molecule has 2 amide bonds. The lowest BCUT2D eigenvalue weighted by Crippen LogP contribution is -2.31. The predicted molar refractivity (Wildman–Crippen MR) is 95.1 cm³/mol. The van der Waals surface area contributed by atoms with Crippen molar-refractivity contribution in [1.82, 2.24) is 35.4 Å². The van der Waals surface area contributed by atoms with Crippen molar-refractivity contribution in [2.75, 3.05) is 6.54 Å². The summed E-state index contributed by atoms with van der Waals surface area (Å²) < 4.78 is 0. The summed E-state index contributed by atoms with van der Waals surface area (Å²) in [5.41, 5.74) is 2.27. The molecule has 9 heteroatoms. The van der Waals surface area contributed by atoms with Crippen LogP contribution in [0.15, 0.2) is 42.9 Å². The number of carbonyl (C=O) groups excluding carboxylic acids is 2. The Morgan fingerprint density at radius 3 is 2.96 bits per heavy atom. The van der Waals surface area contributed by atoms with Crippen LogP contribution < -0.4 is 5.32 Å². The molecule has 9 nitrogen and oxygen atoms in total. The summed E-state index contributed by atoms with van der Waals surface area (Å²) in [6, 6.07) is 7.51. The molecule has 1 aliphatic heterocycles. The van der Waals surface area contributed by atoms with Crippen molar-refractivity contribution >= 4 is 11.8 Å². The zero-order valence-corrected chi connectivity index (χ0v) is 14.4. The van der Waals surface area contributed by atoms with E-state index >= 15 is 0 Å². The number of rotatable bonds is 6. The molecule has 3 heterocycles. The van der Waals surface area contributed by atoms with Gasteiger partial charge in [0.05, 0.1) is 12.7 Å². The number of benzene rings is 1. The van der Waals surface area contributed by atoms with Gasteiger partial charge >= 0.3 is 0 Å². The van der Waals surface area contributed by atoms with E-state index in [1.165, 1.54) is 0 Å². The van der Waals surface area contributed by atoms with E-state index in [4.69, 9.17) is 0 Å². The first-order chi connectivity index (χ1) is 13.2. The lowest BCUT2D eigenvalue weighted by atomic mass is 10.1. The largest absolute Gasteiger partial charge is 0.349 e. The van der Waals surface area contributed by atoms with Crippen LogP contribution in [0, 0.1) is 0 Å². The lowest BCUT2D eigenvalue weighted by Gasteiger charge is -2.14. The second-order valence-electron chi connectivity index (χ2n) is 6.11. The number of nitrogens with zero attached hydrogens (tertiary/aromatic N) is 5. The molecule has 0 unspecified atom stereocenters. The maximum atomic E-state index is 12.3. The fraction of sp³-hybridized carbons (Fsp3) is 0.222. The van der Waals surface area contributed by atoms with E-state index in [1.54, 1.807) is 23.5 Å². The minimum Gasteiger partial charge on any atom is -0.349 e. The van der Waals surface area contributed by atoms with Gasteiger partial charge in [-0.05, 0) is 11.6 Å². The molecule has 0 spiro atoms. The van der Waals surface area contributed by atoms with Crippen molar-refractivity contribution < 1.29 is 9.59 Å². The smallest absolute Gasteiger partial charge is 0.254 e. The number of amides is 2. The number of aromatic nitrogens is 5. The van der Waals surface area contributed by atoms with Crippen LogP contribution in [0.5, 0.6) is 0 Å². The van der Waals surface area contributed by atoms with Gasteiger partial charge in [-0.3, -0.25) is 19.7 Å². The third-order valence-corrected chi connectivity index (χ3v) is 4.28. The molecule has 3 aromatic rings. The normalized spacial score (nSPS) is 12.9.